The Bertz CT molecular complexity index is 1090. The van der Waals surface area contributed by atoms with E-state index in [2.05, 4.69) is 34.6 Å². The Morgan fingerprint density at radius 2 is 0.465 bits per heavy atom. The molecule has 0 saturated heterocycles. The van der Waals surface area contributed by atoms with Gasteiger partial charge >= 0.3 is 17.9 Å². The quantitative estimate of drug-likeness (QED) is 0.0343. The third-order valence-corrected chi connectivity index (χ3v) is 15.0. The van der Waals surface area contributed by atoms with Gasteiger partial charge in [-0.05, 0) is 31.1 Å². The lowest BCUT2D eigenvalue weighted by Gasteiger charge is -2.18. The van der Waals surface area contributed by atoms with Gasteiger partial charge in [0, 0.05) is 19.3 Å². The van der Waals surface area contributed by atoms with E-state index < -0.39 is 6.10 Å². The molecule has 71 heavy (non-hydrogen) atoms. The van der Waals surface area contributed by atoms with Crippen molar-refractivity contribution in [1.82, 2.24) is 0 Å². The number of ether oxygens (including phenoxy) is 3. The zero-order valence-corrected chi connectivity index (χ0v) is 48.9. The highest BCUT2D eigenvalue weighted by Crippen LogP contribution is 2.19. The first-order valence-corrected chi connectivity index (χ1v) is 32.2. The van der Waals surface area contributed by atoms with E-state index in [0.717, 1.165) is 69.6 Å². The highest BCUT2D eigenvalue weighted by molar-refractivity contribution is 5.71. The molecular weight excluding hydrogens is 877 g/mol. The smallest absolute Gasteiger partial charge is 0.306 e. The summed E-state index contributed by atoms with van der Waals surface area (Å²) in [6.45, 7) is 11.5. The maximum absolute atomic E-state index is 12.9. The van der Waals surface area contributed by atoms with Crippen LogP contribution in [0.2, 0.25) is 0 Å². The first-order chi connectivity index (χ1) is 34.7. The minimum Gasteiger partial charge on any atom is -0.462 e. The molecule has 1 atom stereocenters. The Balaban J connectivity index is 4.24. The van der Waals surface area contributed by atoms with Crippen molar-refractivity contribution >= 4 is 17.9 Å². The number of carbonyl (C=O) groups is 3. The normalized spacial score (nSPS) is 12.0. The second-order valence-corrected chi connectivity index (χ2v) is 23.4. The summed E-state index contributed by atoms with van der Waals surface area (Å²) in [7, 11) is 0. The summed E-state index contributed by atoms with van der Waals surface area (Å²) in [6.07, 6.45) is 63.9. The summed E-state index contributed by atoms with van der Waals surface area (Å²) in [5.41, 5.74) is 0. The molecule has 0 aromatic carbocycles. The number of rotatable bonds is 59. The lowest BCUT2D eigenvalue weighted by Crippen LogP contribution is -2.30. The minimum atomic E-state index is -0.763. The molecule has 0 amide bonds. The lowest BCUT2D eigenvalue weighted by atomic mass is 10.0. The van der Waals surface area contributed by atoms with Crippen molar-refractivity contribution in [3.8, 4) is 0 Å². The molecule has 0 heterocycles. The lowest BCUT2D eigenvalue weighted by molar-refractivity contribution is -0.167. The second-order valence-electron chi connectivity index (χ2n) is 23.4. The van der Waals surface area contributed by atoms with Crippen molar-refractivity contribution in [2.45, 2.75) is 375 Å². The summed E-state index contributed by atoms with van der Waals surface area (Å²) in [5, 5.41) is 0. The largest absolute Gasteiger partial charge is 0.462 e. The number of hydrogen-bond acceptors (Lipinski definition) is 6. The van der Waals surface area contributed by atoms with Gasteiger partial charge in [-0.15, -0.1) is 0 Å². The fourth-order valence-corrected chi connectivity index (χ4v) is 10.1. The van der Waals surface area contributed by atoms with Gasteiger partial charge in [-0.3, -0.25) is 14.4 Å². The van der Waals surface area contributed by atoms with Crippen molar-refractivity contribution in [1.29, 1.82) is 0 Å². The van der Waals surface area contributed by atoms with Crippen LogP contribution in [-0.2, 0) is 28.6 Å². The second kappa shape index (κ2) is 57.7. The first-order valence-electron chi connectivity index (χ1n) is 32.2. The molecule has 0 aliphatic rings. The molecule has 0 fully saturated rings. The summed E-state index contributed by atoms with van der Waals surface area (Å²) >= 11 is 0. The highest BCUT2D eigenvalue weighted by atomic mass is 16.6. The van der Waals surface area contributed by atoms with E-state index in [1.54, 1.807) is 0 Å². The van der Waals surface area contributed by atoms with Crippen LogP contribution >= 0.6 is 0 Å². The third kappa shape index (κ3) is 59.2. The Kier molecular flexibility index (Phi) is 56.4. The van der Waals surface area contributed by atoms with Crippen LogP contribution in [0.5, 0.6) is 0 Å². The van der Waals surface area contributed by atoms with E-state index in [1.165, 1.54) is 257 Å². The molecule has 6 heteroatoms. The fourth-order valence-electron chi connectivity index (χ4n) is 10.1. The zero-order chi connectivity index (χ0) is 51.8. The average molecular weight is 1000 g/mol. The molecule has 0 radical (unpaired) electrons. The van der Waals surface area contributed by atoms with Crippen molar-refractivity contribution in [2.75, 3.05) is 13.2 Å². The molecule has 0 unspecified atom stereocenters. The summed E-state index contributed by atoms with van der Waals surface area (Å²) in [6, 6.07) is 0. The van der Waals surface area contributed by atoms with E-state index in [9.17, 15) is 14.4 Å². The van der Waals surface area contributed by atoms with Crippen LogP contribution in [0.1, 0.15) is 369 Å². The standard InChI is InChI=1S/C65H126O6/c1-6-7-8-9-10-11-12-23-30-35-40-45-50-55-63(66)69-58-62(71-65(68)57-52-47-42-37-32-27-22-18-17-20-25-29-34-39-44-49-54-61(4)5)59-70-64(67)56-51-46-41-36-31-26-21-16-14-13-15-19-24-28-33-38-43-48-53-60(2)3/h60-62H,6-59H2,1-5H3/t62-/m0/s1. The molecule has 0 rings (SSSR count). The van der Waals surface area contributed by atoms with Gasteiger partial charge in [0.05, 0.1) is 0 Å². The SMILES string of the molecule is CCCCCCCCCCCCCCCC(=O)OC[C@@H](COC(=O)CCCCCCCCCCCCCCCCCCCCC(C)C)OC(=O)CCCCCCCCCCCCCCCCCCC(C)C. The van der Waals surface area contributed by atoms with E-state index in [0.29, 0.717) is 19.3 Å². The van der Waals surface area contributed by atoms with Gasteiger partial charge in [-0.1, -0.05) is 330 Å². The van der Waals surface area contributed by atoms with Crippen LogP contribution in [0.4, 0.5) is 0 Å². The molecule has 0 aliphatic carbocycles. The monoisotopic (exact) mass is 1000 g/mol. The van der Waals surface area contributed by atoms with Crippen LogP contribution < -0.4 is 0 Å². The van der Waals surface area contributed by atoms with E-state index in [1.807, 2.05) is 0 Å². The maximum atomic E-state index is 12.9. The van der Waals surface area contributed by atoms with Crippen LogP contribution in [0.3, 0.4) is 0 Å². The van der Waals surface area contributed by atoms with Gasteiger partial charge in [0.2, 0.25) is 0 Å². The van der Waals surface area contributed by atoms with E-state index in [-0.39, 0.29) is 31.1 Å². The fraction of sp³-hybridized carbons (Fsp3) is 0.954. The molecular formula is C65H126O6. The number of unbranched alkanes of at least 4 members (excludes halogenated alkanes) is 44. The number of carbonyl (C=O) groups excluding carboxylic acids is 3. The Hall–Kier alpha value is -1.59. The van der Waals surface area contributed by atoms with Gasteiger partial charge < -0.3 is 14.2 Å². The van der Waals surface area contributed by atoms with Gasteiger partial charge in [0.15, 0.2) is 6.10 Å². The molecule has 0 aromatic rings. The van der Waals surface area contributed by atoms with Gasteiger partial charge in [-0.2, -0.15) is 0 Å². The highest BCUT2D eigenvalue weighted by Gasteiger charge is 2.19. The minimum absolute atomic E-state index is 0.0617. The number of esters is 3. The van der Waals surface area contributed by atoms with Crippen LogP contribution in [-0.4, -0.2) is 37.2 Å². The Morgan fingerprint density at radius 1 is 0.268 bits per heavy atom. The van der Waals surface area contributed by atoms with Gasteiger partial charge in [0.1, 0.15) is 13.2 Å². The predicted molar refractivity (Wildman–Crippen MR) is 307 cm³/mol. The average Bonchev–Trinajstić information content (AvgIpc) is 3.35. The van der Waals surface area contributed by atoms with E-state index >= 15 is 0 Å². The Labute approximate surface area is 444 Å². The van der Waals surface area contributed by atoms with Crippen molar-refractivity contribution < 1.29 is 28.6 Å². The first kappa shape index (κ1) is 69.4. The van der Waals surface area contributed by atoms with Crippen LogP contribution in [0.15, 0.2) is 0 Å². The zero-order valence-electron chi connectivity index (χ0n) is 48.9. The van der Waals surface area contributed by atoms with Crippen LogP contribution in [0, 0.1) is 11.8 Å². The topological polar surface area (TPSA) is 78.9 Å². The molecule has 0 saturated carbocycles. The van der Waals surface area contributed by atoms with Gasteiger partial charge in [0.25, 0.3) is 0 Å². The molecule has 0 N–H and O–H groups in total. The van der Waals surface area contributed by atoms with Crippen LogP contribution in [0.25, 0.3) is 0 Å². The van der Waals surface area contributed by atoms with E-state index in [4.69, 9.17) is 14.2 Å². The number of hydrogen-bond donors (Lipinski definition) is 0. The maximum Gasteiger partial charge on any atom is 0.306 e. The third-order valence-electron chi connectivity index (χ3n) is 15.0. The van der Waals surface area contributed by atoms with Crippen molar-refractivity contribution in [3.63, 3.8) is 0 Å². The molecule has 6 nitrogen and oxygen atoms in total. The molecule has 0 aromatic heterocycles. The van der Waals surface area contributed by atoms with Crippen molar-refractivity contribution in [3.05, 3.63) is 0 Å². The molecule has 0 aliphatic heterocycles. The van der Waals surface area contributed by atoms with Gasteiger partial charge in [-0.25, -0.2) is 0 Å². The predicted octanol–water partition coefficient (Wildman–Crippen LogP) is 21.6. The summed E-state index contributed by atoms with van der Waals surface area (Å²) in [4.78, 5) is 38.3. The summed E-state index contributed by atoms with van der Waals surface area (Å²) in [5.74, 6) is 0.881. The summed E-state index contributed by atoms with van der Waals surface area (Å²) < 4.78 is 17.0. The molecule has 422 valence electrons. The molecule has 0 bridgehead atoms. The Morgan fingerprint density at radius 3 is 0.690 bits per heavy atom. The van der Waals surface area contributed by atoms with Crippen molar-refractivity contribution in [2.24, 2.45) is 11.8 Å². The molecule has 0 spiro atoms.